The van der Waals surface area contributed by atoms with Gasteiger partial charge in [-0.1, -0.05) is 6.07 Å². The molecule has 0 aliphatic carbocycles. The van der Waals surface area contributed by atoms with Gasteiger partial charge in [0.05, 0.1) is 6.26 Å². The lowest BCUT2D eigenvalue weighted by Crippen LogP contribution is -1.85. The van der Waals surface area contributed by atoms with Crippen LogP contribution in [0.4, 0.5) is 0 Å². The Balaban J connectivity index is 2.39. The summed E-state index contributed by atoms with van der Waals surface area (Å²) >= 11 is 0. The van der Waals surface area contributed by atoms with Gasteiger partial charge in [0, 0.05) is 11.8 Å². The molecule has 14 heavy (non-hydrogen) atoms. The van der Waals surface area contributed by atoms with Crippen molar-refractivity contribution in [3.8, 4) is 0 Å². The lowest BCUT2D eigenvalue weighted by molar-refractivity contribution is -0.107. The smallest absolute Gasteiger partial charge is 0.134 e. The highest BCUT2D eigenvalue weighted by Gasteiger charge is 2.02. The Morgan fingerprint density at radius 2 is 2.29 bits per heavy atom. The van der Waals surface area contributed by atoms with E-state index in [9.17, 15) is 4.79 Å². The van der Waals surface area contributed by atoms with Gasteiger partial charge in [0.1, 0.15) is 11.9 Å². The highest BCUT2D eigenvalue weighted by Crippen LogP contribution is 2.21. The summed E-state index contributed by atoms with van der Waals surface area (Å²) in [6, 6.07) is 6.06. The van der Waals surface area contributed by atoms with Gasteiger partial charge in [-0.2, -0.15) is 0 Å². The van der Waals surface area contributed by atoms with Crippen molar-refractivity contribution in [2.24, 2.45) is 0 Å². The topological polar surface area (TPSA) is 30.2 Å². The molecule has 72 valence electrons. The molecule has 0 aliphatic rings. The summed E-state index contributed by atoms with van der Waals surface area (Å²) < 4.78 is 5.34. The molecule has 0 N–H and O–H groups in total. The summed E-state index contributed by atoms with van der Waals surface area (Å²) in [5.41, 5.74) is 3.25. The van der Waals surface area contributed by atoms with E-state index in [-0.39, 0.29) is 0 Å². The van der Waals surface area contributed by atoms with Crippen molar-refractivity contribution in [2.45, 2.75) is 19.8 Å². The molecule has 0 amide bonds. The number of benzene rings is 1. The summed E-state index contributed by atoms with van der Waals surface area (Å²) in [5, 5.41) is 1.15. The maximum Gasteiger partial charge on any atom is 0.134 e. The van der Waals surface area contributed by atoms with Gasteiger partial charge in [0.15, 0.2) is 0 Å². The number of aryl methyl sites for hydroxylation is 2. The summed E-state index contributed by atoms with van der Waals surface area (Å²) in [6.07, 6.45) is 4.10. The average Bonchev–Trinajstić information content (AvgIpc) is 2.57. The van der Waals surface area contributed by atoms with Gasteiger partial charge in [-0.3, -0.25) is 0 Å². The van der Waals surface area contributed by atoms with Crippen LogP contribution >= 0.6 is 0 Å². The maximum atomic E-state index is 10.2. The summed E-state index contributed by atoms with van der Waals surface area (Å²) in [5.74, 6) is 0. The predicted octanol–water partition coefficient (Wildman–Crippen LogP) is 2.87. The van der Waals surface area contributed by atoms with E-state index >= 15 is 0 Å². The summed E-state index contributed by atoms with van der Waals surface area (Å²) in [4.78, 5) is 10.2. The molecule has 0 unspecified atom stereocenters. The second-order valence-electron chi connectivity index (χ2n) is 3.45. The molecule has 0 fully saturated rings. The van der Waals surface area contributed by atoms with Crippen LogP contribution in [0, 0.1) is 6.92 Å². The Hall–Kier alpha value is -1.57. The molecule has 0 saturated heterocycles. The van der Waals surface area contributed by atoms with Gasteiger partial charge < -0.3 is 9.21 Å². The number of furan rings is 1. The predicted molar refractivity (Wildman–Crippen MR) is 55.3 cm³/mol. The third-order valence-electron chi connectivity index (χ3n) is 2.38. The summed E-state index contributed by atoms with van der Waals surface area (Å²) in [7, 11) is 0. The van der Waals surface area contributed by atoms with Gasteiger partial charge in [0.2, 0.25) is 0 Å². The van der Waals surface area contributed by atoms with Crippen molar-refractivity contribution < 1.29 is 9.21 Å². The van der Waals surface area contributed by atoms with E-state index in [1.165, 1.54) is 5.56 Å². The molecule has 2 rings (SSSR count). The van der Waals surface area contributed by atoms with Crippen LogP contribution in [0.3, 0.4) is 0 Å². The molecule has 0 spiro atoms. The molecule has 0 atom stereocenters. The molecular formula is C12H12O2. The Morgan fingerprint density at radius 1 is 1.43 bits per heavy atom. The van der Waals surface area contributed by atoms with Gasteiger partial charge in [0.25, 0.3) is 0 Å². The molecule has 0 radical (unpaired) electrons. The number of rotatable bonds is 3. The lowest BCUT2D eigenvalue weighted by Gasteiger charge is -1.97. The second-order valence-corrected chi connectivity index (χ2v) is 3.45. The summed E-state index contributed by atoms with van der Waals surface area (Å²) in [6.45, 7) is 2.02. The van der Waals surface area contributed by atoms with Crippen LogP contribution in [-0.4, -0.2) is 6.29 Å². The first-order valence-electron chi connectivity index (χ1n) is 4.71. The largest absolute Gasteiger partial charge is 0.464 e. The van der Waals surface area contributed by atoms with Crippen molar-refractivity contribution in [1.82, 2.24) is 0 Å². The molecular weight excluding hydrogens is 176 g/mol. The number of fused-ring (bicyclic) bond motifs is 1. The number of hydrogen-bond acceptors (Lipinski definition) is 2. The standard InChI is InChI=1S/C12H12O2/c1-9-8-14-12-5-4-10(3-2-6-13)7-11(9)12/h4-8H,2-3H2,1H3. The van der Waals surface area contributed by atoms with Crippen molar-refractivity contribution in [3.05, 3.63) is 35.6 Å². The van der Waals surface area contributed by atoms with Crippen molar-refractivity contribution in [3.63, 3.8) is 0 Å². The van der Waals surface area contributed by atoms with E-state index in [0.717, 1.165) is 29.2 Å². The first kappa shape index (κ1) is 9.00. The first-order valence-corrected chi connectivity index (χ1v) is 4.71. The van der Waals surface area contributed by atoms with E-state index in [2.05, 4.69) is 6.07 Å². The molecule has 1 aromatic heterocycles. The number of carbonyl (C=O) groups is 1. The van der Waals surface area contributed by atoms with Crippen LogP contribution in [0.5, 0.6) is 0 Å². The third kappa shape index (κ3) is 1.55. The van der Waals surface area contributed by atoms with Crippen LogP contribution in [0.25, 0.3) is 11.0 Å². The number of hydrogen-bond donors (Lipinski definition) is 0. The molecule has 2 aromatic rings. The van der Waals surface area contributed by atoms with Crippen molar-refractivity contribution in [1.29, 1.82) is 0 Å². The van der Waals surface area contributed by atoms with Crippen LogP contribution in [0.15, 0.2) is 28.9 Å². The first-order chi connectivity index (χ1) is 6.81. The van der Waals surface area contributed by atoms with Crippen molar-refractivity contribution in [2.75, 3.05) is 0 Å². The highest BCUT2D eigenvalue weighted by atomic mass is 16.3. The lowest BCUT2D eigenvalue weighted by atomic mass is 10.1. The Bertz CT molecular complexity index is 454. The molecule has 2 heteroatoms. The zero-order valence-corrected chi connectivity index (χ0v) is 8.12. The van der Waals surface area contributed by atoms with E-state index in [1.807, 2.05) is 19.1 Å². The van der Waals surface area contributed by atoms with Crippen LogP contribution in [0.1, 0.15) is 17.5 Å². The van der Waals surface area contributed by atoms with E-state index in [4.69, 9.17) is 4.42 Å². The van der Waals surface area contributed by atoms with Crippen LogP contribution in [-0.2, 0) is 11.2 Å². The maximum absolute atomic E-state index is 10.2. The van der Waals surface area contributed by atoms with Crippen LogP contribution < -0.4 is 0 Å². The minimum atomic E-state index is 0.586. The molecule has 2 nitrogen and oxygen atoms in total. The van der Waals surface area contributed by atoms with Gasteiger partial charge in [-0.05, 0) is 36.6 Å². The molecule has 0 aliphatic heterocycles. The van der Waals surface area contributed by atoms with Crippen molar-refractivity contribution >= 4 is 17.3 Å². The average molecular weight is 188 g/mol. The van der Waals surface area contributed by atoms with E-state index < -0.39 is 0 Å². The minimum Gasteiger partial charge on any atom is -0.464 e. The Labute approximate surface area is 82.5 Å². The second kappa shape index (κ2) is 3.66. The SMILES string of the molecule is Cc1coc2ccc(CCC=O)cc12. The zero-order valence-electron chi connectivity index (χ0n) is 8.12. The number of carbonyl (C=O) groups excluding carboxylic acids is 1. The quantitative estimate of drug-likeness (QED) is 0.693. The third-order valence-corrected chi connectivity index (χ3v) is 2.38. The highest BCUT2D eigenvalue weighted by molar-refractivity contribution is 5.81. The van der Waals surface area contributed by atoms with Gasteiger partial charge >= 0.3 is 0 Å². The normalized spacial score (nSPS) is 10.6. The monoisotopic (exact) mass is 188 g/mol. The Kier molecular flexibility index (Phi) is 2.35. The fraction of sp³-hybridized carbons (Fsp3) is 0.250. The molecule has 1 aromatic carbocycles. The van der Waals surface area contributed by atoms with E-state index in [1.54, 1.807) is 6.26 Å². The van der Waals surface area contributed by atoms with Gasteiger partial charge in [-0.15, -0.1) is 0 Å². The Morgan fingerprint density at radius 3 is 3.07 bits per heavy atom. The fourth-order valence-electron chi connectivity index (χ4n) is 1.58. The minimum absolute atomic E-state index is 0.586. The fourth-order valence-corrected chi connectivity index (χ4v) is 1.58. The van der Waals surface area contributed by atoms with E-state index in [0.29, 0.717) is 6.42 Å². The van der Waals surface area contributed by atoms with Crippen LogP contribution in [0.2, 0.25) is 0 Å². The molecule has 0 saturated carbocycles. The molecule has 1 heterocycles. The number of aldehydes is 1. The van der Waals surface area contributed by atoms with Gasteiger partial charge in [-0.25, -0.2) is 0 Å². The molecule has 0 bridgehead atoms. The zero-order chi connectivity index (χ0) is 9.97.